The standard InChI is InChI=1S/C22H27ClN6O/c1-15-21(16(2)29(27-15)14-17-8-5-6-9-18(17)23)22(30)24-12-11-20-26-25-19-10-4-3-7-13-28(19)20/h5-6,8-9H,3-4,7,10-14H2,1-2H3,(H,24,30). The van der Waals surface area contributed by atoms with Crippen molar-refractivity contribution >= 4 is 17.5 Å². The van der Waals surface area contributed by atoms with Crippen LogP contribution in [0.1, 0.15) is 58.2 Å². The van der Waals surface area contributed by atoms with Gasteiger partial charge in [-0.15, -0.1) is 10.2 Å². The number of rotatable bonds is 6. The second-order valence-electron chi connectivity index (χ2n) is 7.80. The number of amides is 1. The van der Waals surface area contributed by atoms with Crippen molar-refractivity contribution in [3.8, 4) is 0 Å². The van der Waals surface area contributed by atoms with E-state index in [1.807, 2.05) is 42.8 Å². The lowest BCUT2D eigenvalue weighted by molar-refractivity contribution is 0.0952. The molecule has 158 valence electrons. The Balaban J connectivity index is 1.41. The fraction of sp³-hybridized carbons (Fsp3) is 0.455. The SMILES string of the molecule is Cc1nn(Cc2ccccc2Cl)c(C)c1C(=O)NCCc1nnc2n1CCCCC2. The minimum absolute atomic E-state index is 0.106. The van der Waals surface area contributed by atoms with Crippen molar-refractivity contribution in [1.82, 2.24) is 29.9 Å². The highest BCUT2D eigenvalue weighted by atomic mass is 35.5. The average Bonchev–Trinajstić information content (AvgIpc) is 3.12. The topological polar surface area (TPSA) is 77.6 Å². The van der Waals surface area contributed by atoms with Crippen LogP contribution in [0, 0.1) is 13.8 Å². The van der Waals surface area contributed by atoms with Crippen LogP contribution in [0.2, 0.25) is 5.02 Å². The van der Waals surface area contributed by atoms with Crippen molar-refractivity contribution in [2.45, 2.75) is 59.0 Å². The Morgan fingerprint density at radius 2 is 2.00 bits per heavy atom. The molecule has 3 aromatic rings. The van der Waals surface area contributed by atoms with Gasteiger partial charge >= 0.3 is 0 Å². The summed E-state index contributed by atoms with van der Waals surface area (Å²) in [7, 11) is 0. The number of carbonyl (C=O) groups is 1. The van der Waals surface area contributed by atoms with E-state index in [1.54, 1.807) is 0 Å². The Morgan fingerprint density at radius 1 is 1.17 bits per heavy atom. The summed E-state index contributed by atoms with van der Waals surface area (Å²) in [6, 6.07) is 7.69. The van der Waals surface area contributed by atoms with Crippen molar-refractivity contribution in [3.05, 3.63) is 63.5 Å². The van der Waals surface area contributed by atoms with E-state index >= 15 is 0 Å². The van der Waals surface area contributed by atoms with Crippen LogP contribution in [0.5, 0.6) is 0 Å². The molecule has 0 aliphatic carbocycles. The Kier molecular flexibility index (Phi) is 6.18. The van der Waals surface area contributed by atoms with E-state index in [2.05, 4.69) is 25.2 Å². The molecule has 30 heavy (non-hydrogen) atoms. The molecule has 0 saturated carbocycles. The molecule has 3 heterocycles. The van der Waals surface area contributed by atoms with Gasteiger partial charge in [-0.2, -0.15) is 5.10 Å². The maximum absolute atomic E-state index is 12.9. The number of aromatic nitrogens is 5. The largest absolute Gasteiger partial charge is 0.351 e. The molecule has 1 aromatic carbocycles. The number of hydrogen-bond donors (Lipinski definition) is 1. The molecule has 7 nitrogen and oxygen atoms in total. The molecule has 1 amide bonds. The summed E-state index contributed by atoms with van der Waals surface area (Å²) in [6.45, 7) is 5.81. The third kappa shape index (κ3) is 4.26. The summed E-state index contributed by atoms with van der Waals surface area (Å²) in [4.78, 5) is 12.9. The van der Waals surface area contributed by atoms with Gasteiger partial charge in [-0.1, -0.05) is 36.2 Å². The molecule has 0 bridgehead atoms. The van der Waals surface area contributed by atoms with Gasteiger partial charge in [-0.25, -0.2) is 0 Å². The monoisotopic (exact) mass is 426 g/mol. The number of carbonyl (C=O) groups excluding carboxylic acids is 1. The second-order valence-corrected chi connectivity index (χ2v) is 8.20. The predicted molar refractivity (Wildman–Crippen MR) is 116 cm³/mol. The summed E-state index contributed by atoms with van der Waals surface area (Å²) in [5.41, 5.74) is 3.15. The van der Waals surface area contributed by atoms with Gasteiger partial charge in [0.1, 0.15) is 11.6 Å². The molecular formula is C22H27ClN6O. The van der Waals surface area contributed by atoms with Crippen LogP contribution in [0.4, 0.5) is 0 Å². The third-order valence-corrected chi connectivity index (χ3v) is 6.08. The van der Waals surface area contributed by atoms with Crippen LogP contribution in [-0.2, 0) is 25.9 Å². The van der Waals surface area contributed by atoms with Crippen LogP contribution in [0.15, 0.2) is 24.3 Å². The molecule has 0 saturated heterocycles. The molecule has 0 radical (unpaired) electrons. The second kappa shape index (κ2) is 9.00. The quantitative estimate of drug-likeness (QED) is 0.654. The van der Waals surface area contributed by atoms with E-state index in [4.69, 9.17) is 11.6 Å². The smallest absolute Gasteiger partial charge is 0.255 e. The maximum atomic E-state index is 12.9. The molecule has 0 unspecified atom stereocenters. The van der Waals surface area contributed by atoms with Gasteiger partial charge < -0.3 is 9.88 Å². The van der Waals surface area contributed by atoms with Crippen LogP contribution < -0.4 is 5.32 Å². The lowest BCUT2D eigenvalue weighted by atomic mass is 10.1. The van der Waals surface area contributed by atoms with Crippen LogP contribution in [0.3, 0.4) is 0 Å². The summed E-state index contributed by atoms with van der Waals surface area (Å²) in [6.07, 6.45) is 5.22. The molecule has 0 spiro atoms. The summed E-state index contributed by atoms with van der Waals surface area (Å²) < 4.78 is 4.06. The molecule has 1 aliphatic rings. The van der Waals surface area contributed by atoms with Gasteiger partial charge in [0.05, 0.1) is 17.8 Å². The summed E-state index contributed by atoms with van der Waals surface area (Å²) in [5.74, 6) is 1.92. The number of nitrogens with one attached hydrogen (secondary N) is 1. The Bertz CT molecular complexity index is 1050. The Labute approximate surface area is 181 Å². The highest BCUT2D eigenvalue weighted by Gasteiger charge is 2.20. The Morgan fingerprint density at radius 3 is 2.83 bits per heavy atom. The first-order valence-corrected chi connectivity index (χ1v) is 10.9. The zero-order valence-electron chi connectivity index (χ0n) is 17.5. The summed E-state index contributed by atoms with van der Waals surface area (Å²) in [5, 5.41) is 17.0. The first-order chi connectivity index (χ1) is 14.5. The number of halogens is 1. The molecule has 0 fully saturated rings. The van der Waals surface area contributed by atoms with Crippen molar-refractivity contribution in [2.24, 2.45) is 0 Å². The highest BCUT2D eigenvalue weighted by Crippen LogP contribution is 2.20. The van der Waals surface area contributed by atoms with Gasteiger partial charge in [0.25, 0.3) is 5.91 Å². The minimum Gasteiger partial charge on any atom is -0.351 e. The predicted octanol–water partition coefficient (Wildman–Crippen LogP) is 3.49. The molecule has 1 aliphatic heterocycles. The molecular weight excluding hydrogens is 400 g/mol. The number of benzene rings is 1. The lowest BCUT2D eigenvalue weighted by Gasteiger charge is -2.09. The molecule has 2 aromatic heterocycles. The first kappa shape index (κ1) is 20.6. The van der Waals surface area contributed by atoms with Crippen molar-refractivity contribution in [1.29, 1.82) is 0 Å². The number of hydrogen-bond acceptors (Lipinski definition) is 4. The third-order valence-electron chi connectivity index (χ3n) is 5.71. The number of fused-ring (bicyclic) bond motifs is 1. The number of nitrogens with zero attached hydrogens (tertiary/aromatic N) is 5. The van der Waals surface area contributed by atoms with E-state index in [0.29, 0.717) is 35.8 Å². The van der Waals surface area contributed by atoms with E-state index in [0.717, 1.165) is 42.3 Å². The number of aryl methyl sites for hydroxylation is 2. The van der Waals surface area contributed by atoms with Crippen LogP contribution in [-0.4, -0.2) is 37.0 Å². The van der Waals surface area contributed by atoms with E-state index in [-0.39, 0.29) is 5.91 Å². The molecule has 8 heteroatoms. The Hall–Kier alpha value is -2.67. The average molecular weight is 427 g/mol. The maximum Gasteiger partial charge on any atom is 0.255 e. The lowest BCUT2D eigenvalue weighted by Crippen LogP contribution is -2.27. The highest BCUT2D eigenvalue weighted by molar-refractivity contribution is 6.31. The molecule has 4 rings (SSSR count). The van der Waals surface area contributed by atoms with Gasteiger partial charge in [-0.05, 0) is 38.3 Å². The normalized spacial score (nSPS) is 13.7. The summed E-state index contributed by atoms with van der Waals surface area (Å²) >= 11 is 6.28. The van der Waals surface area contributed by atoms with E-state index in [9.17, 15) is 4.79 Å². The fourth-order valence-electron chi connectivity index (χ4n) is 4.07. The van der Waals surface area contributed by atoms with Crippen LogP contribution >= 0.6 is 11.6 Å². The van der Waals surface area contributed by atoms with Gasteiger partial charge in [0.2, 0.25) is 0 Å². The molecule has 1 N–H and O–H groups in total. The van der Waals surface area contributed by atoms with Gasteiger partial charge in [-0.3, -0.25) is 9.48 Å². The van der Waals surface area contributed by atoms with Crippen molar-refractivity contribution in [3.63, 3.8) is 0 Å². The molecule has 0 atom stereocenters. The van der Waals surface area contributed by atoms with Crippen molar-refractivity contribution in [2.75, 3.05) is 6.54 Å². The van der Waals surface area contributed by atoms with Gasteiger partial charge in [0, 0.05) is 36.6 Å². The first-order valence-electron chi connectivity index (χ1n) is 10.5. The zero-order chi connectivity index (χ0) is 21.1. The van der Waals surface area contributed by atoms with Gasteiger partial charge in [0.15, 0.2) is 0 Å². The minimum atomic E-state index is -0.106. The van der Waals surface area contributed by atoms with E-state index in [1.165, 1.54) is 12.8 Å². The zero-order valence-corrected chi connectivity index (χ0v) is 18.2. The van der Waals surface area contributed by atoms with Crippen molar-refractivity contribution < 1.29 is 4.79 Å². The van der Waals surface area contributed by atoms with E-state index < -0.39 is 0 Å². The van der Waals surface area contributed by atoms with Crippen LogP contribution in [0.25, 0.3) is 0 Å². The fourth-order valence-corrected chi connectivity index (χ4v) is 4.27.